The van der Waals surface area contributed by atoms with Crippen LogP contribution in [0.25, 0.3) is 0 Å². The van der Waals surface area contributed by atoms with Crippen molar-refractivity contribution in [2.45, 2.75) is 17.9 Å². The van der Waals surface area contributed by atoms with E-state index in [4.69, 9.17) is 4.74 Å². The predicted octanol–water partition coefficient (Wildman–Crippen LogP) is 4.49. The van der Waals surface area contributed by atoms with Crippen LogP contribution in [0.2, 0.25) is 0 Å². The minimum Gasteiger partial charge on any atom is -0.343 e. The summed E-state index contributed by atoms with van der Waals surface area (Å²) in [7, 11) is 0. The largest absolute Gasteiger partial charge is 0.424 e. The molecular formula is C16H10BrF3O2. The van der Waals surface area contributed by atoms with Crippen LogP contribution in [0.3, 0.4) is 0 Å². The lowest BCUT2D eigenvalue weighted by Crippen LogP contribution is -2.35. The lowest BCUT2D eigenvalue weighted by atomic mass is 9.91. The molecule has 1 saturated heterocycles. The Labute approximate surface area is 133 Å². The molecule has 1 aliphatic heterocycles. The Kier molecular flexibility index (Phi) is 3.61. The van der Waals surface area contributed by atoms with Gasteiger partial charge in [-0.2, -0.15) is 13.2 Å². The summed E-state index contributed by atoms with van der Waals surface area (Å²) in [5, 5.41) is 0. The minimum atomic E-state index is -4.66. The second-order valence-electron chi connectivity index (χ2n) is 4.97. The number of halogens is 4. The molecule has 2 atom stereocenters. The molecule has 0 saturated carbocycles. The first-order valence-corrected chi connectivity index (χ1v) is 7.25. The number of rotatable bonds is 3. The summed E-state index contributed by atoms with van der Waals surface area (Å²) in [5.74, 6) is -0.673. The average Bonchev–Trinajstić information content (AvgIpc) is 3.25. The summed E-state index contributed by atoms with van der Waals surface area (Å²) in [5.41, 5.74) is -2.41. The van der Waals surface area contributed by atoms with E-state index in [1.165, 1.54) is 36.4 Å². The van der Waals surface area contributed by atoms with Gasteiger partial charge in [-0.25, -0.2) is 0 Å². The number of hydrogen-bond donors (Lipinski definition) is 0. The molecule has 0 spiro atoms. The van der Waals surface area contributed by atoms with Gasteiger partial charge in [0, 0.05) is 10.0 Å². The van der Waals surface area contributed by atoms with E-state index in [1.807, 2.05) is 0 Å². The Bertz CT molecular complexity index is 698. The number of alkyl halides is 3. The lowest BCUT2D eigenvalue weighted by molar-refractivity contribution is -0.187. The topological polar surface area (TPSA) is 29.6 Å². The van der Waals surface area contributed by atoms with Gasteiger partial charge in [-0.15, -0.1) is 0 Å². The molecule has 1 aliphatic rings. The highest BCUT2D eigenvalue weighted by Gasteiger charge is 2.76. The fourth-order valence-corrected chi connectivity index (χ4v) is 2.70. The van der Waals surface area contributed by atoms with Gasteiger partial charge in [0.05, 0.1) is 0 Å². The maximum Gasteiger partial charge on any atom is 0.424 e. The van der Waals surface area contributed by atoms with Crippen LogP contribution in [-0.2, 0) is 10.3 Å². The quantitative estimate of drug-likeness (QED) is 0.588. The van der Waals surface area contributed by atoms with Crippen molar-refractivity contribution in [3.05, 3.63) is 70.2 Å². The van der Waals surface area contributed by atoms with Crippen LogP contribution in [0, 0.1) is 0 Å². The summed E-state index contributed by atoms with van der Waals surface area (Å²) in [6.07, 6.45) is -6.21. The first-order chi connectivity index (χ1) is 10.4. The molecule has 2 aromatic carbocycles. The lowest BCUT2D eigenvalue weighted by Gasteiger charge is -2.17. The number of carbonyl (C=O) groups is 1. The monoisotopic (exact) mass is 370 g/mol. The number of ether oxygens (including phenoxy) is 1. The molecule has 0 amide bonds. The zero-order valence-electron chi connectivity index (χ0n) is 11.1. The van der Waals surface area contributed by atoms with Gasteiger partial charge in [-0.1, -0.05) is 58.4 Å². The highest BCUT2D eigenvalue weighted by Crippen LogP contribution is 2.58. The fraction of sp³-hybridized carbons (Fsp3) is 0.188. The third-order valence-corrected chi connectivity index (χ3v) is 4.14. The van der Waals surface area contributed by atoms with Crippen LogP contribution >= 0.6 is 15.9 Å². The molecule has 0 bridgehead atoms. The molecule has 1 heterocycles. The maximum absolute atomic E-state index is 13.5. The van der Waals surface area contributed by atoms with Gasteiger partial charge < -0.3 is 4.74 Å². The third kappa shape index (κ3) is 2.36. The number of carbonyl (C=O) groups excluding carboxylic acids is 1. The van der Waals surface area contributed by atoms with E-state index in [0.29, 0.717) is 0 Å². The highest BCUT2D eigenvalue weighted by atomic mass is 79.9. The van der Waals surface area contributed by atoms with Crippen LogP contribution in [-0.4, -0.2) is 18.1 Å². The van der Waals surface area contributed by atoms with Crippen LogP contribution in [0.5, 0.6) is 0 Å². The summed E-state index contributed by atoms with van der Waals surface area (Å²) >= 11 is 3.22. The van der Waals surface area contributed by atoms with Crippen LogP contribution in [0.1, 0.15) is 15.9 Å². The summed E-state index contributed by atoms with van der Waals surface area (Å²) in [6.45, 7) is 0. The number of hydrogen-bond acceptors (Lipinski definition) is 2. The molecule has 2 aromatic rings. The zero-order valence-corrected chi connectivity index (χ0v) is 12.7. The molecule has 22 heavy (non-hydrogen) atoms. The number of Topliss-reactive ketones (excluding diaryl/α,β-unsaturated/α-hetero) is 1. The number of epoxide rings is 1. The standard InChI is InChI=1S/C16H10BrF3O2/c17-12-8-6-10(7-9-12)13(21)14-15(22-14,16(18,19)20)11-4-2-1-3-5-11/h1-9,14H/t14-,15+/m1/s1. The molecule has 6 heteroatoms. The smallest absolute Gasteiger partial charge is 0.343 e. The fourth-order valence-electron chi connectivity index (χ4n) is 2.44. The Hall–Kier alpha value is -1.66. The van der Waals surface area contributed by atoms with Gasteiger partial charge in [0.15, 0.2) is 11.9 Å². The van der Waals surface area contributed by atoms with E-state index < -0.39 is 23.7 Å². The normalized spacial score (nSPS) is 24.1. The van der Waals surface area contributed by atoms with Crippen molar-refractivity contribution < 1.29 is 22.7 Å². The Morgan fingerprint density at radius 3 is 2.18 bits per heavy atom. The summed E-state index contributed by atoms with van der Waals surface area (Å²) in [6, 6.07) is 13.4. The van der Waals surface area contributed by atoms with Crippen molar-refractivity contribution in [1.82, 2.24) is 0 Å². The Morgan fingerprint density at radius 1 is 1.05 bits per heavy atom. The van der Waals surface area contributed by atoms with Crippen LogP contribution in [0.15, 0.2) is 59.1 Å². The molecule has 114 valence electrons. The van der Waals surface area contributed by atoms with Gasteiger partial charge in [-0.05, 0) is 17.7 Å². The summed E-state index contributed by atoms with van der Waals surface area (Å²) in [4.78, 5) is 12.3. The molecule has 0 radical (unpaired) electrons. The van der Waals surface area contributed by atoms with Crippen LogP contribution in [0.4, 0.5) is 13.2 Å². The molecular weight excluding hydrogens is 361 g/mol. The predicted molar refractivity (Wildman–Crippen MR) is 77.5 cm³/mol. The van der Waals surface area contributed by atoms with Gasteiger partial charge in [0.2, 0.25) is 5.60 Å². The Balaban J connectivity index is 1.96. The zero-order chi connectivity index (χ0) is 16.0. The second kappa shape index (κ2) is 5.21. The molecule has 0 N–H and O–H groups in total. The van der Waals surface area contributed by atoms with Crippen molar-refractivity contribution in [2.24, 2.45) is 0 Å². The molecule has 3 rings (SSSR count). The Morgan fingerprint density at radius 2 is 1.64 bits per heavy atom. The van der Waals surface area contributed by atoms with Crippen molar-refractivity contribution in [1.29, 1.82) is 0 Å². The SMILES string of the molecule is O=C(c1ccc(Br)cc1)[C@H]1O[C@]1(c1ccccc1)C(F)(F)F. The minimum absolute atomic E-state index is 0.0574. The average molecular weight is 371 g/mol. The van der Waals surface area contributed by atoms with Crippen molar-refractivity contribution in [2.75, 3.05) is 0 Å². The van der Waals surface area contributed by atoms with E-state index in [0.717, 1.165) is 4.47 Å². The molecule has 0 aromatic heterocycles. The van der Waals surface area contributed by atoms with Gasteiger partial charge in [0.1, 0.15) is 0 Å². The van der Waals surface area contributed by atoms with Gasteiger partial charge in [-0.3, -0.25) is 4.79 Å². The first-order valence-electron chi connectivity index (χ1n) is 6.46. The first kappa shape index (κ1) is 15.2. The number of ketones is 1. The second-order valence-corrected chi connectivity index (χ2v) is 5.88. The van der Waals surface area contributed by atoms with Gasteiger partial charge in [0.25, 0.3) is 0 Å². The van der Waals surface area contributed by atoms with Gasteiger partial charge >= 0.3 is 6.18 Å². The molecule has 2 nitrogen and oxygen atoms in total. The van der Waals surface area contributed by atoms with E-state index in [2.05, 4.69) is 15.9 Å². The van der Waals surface area contributed by atoms with Crippen molar-refractivity contribution in [3.8, 4) is 0 Å². The number of benzene rings is 2. The third-order valence-electron chi connectivity index (χ3n) is 3.61. The highest BCUT2D eigenvalue weighted by molar-refractivity contribution is 9.10. The summed E-state index contributed by atoms with van der Waals surface area (Å²) < 4.78 is 46.1. The van der Waals surface area contributed by atoms with E-state index in [1.54, 1.807) is 18.2 Å². The van der Waals surface area contributed by atoms with Crippen molar-refractivity contribution in [3.63, 3.8) is 0 Å². The van der Waals surface area contributed by atoms with E-state index in [-0.39, 0.29) is 11.1 Å². The molecule has 1 fully saturated rings. The molecule has 0 aliphatic carbocycles. The van der Waals surface area contributed by atoms with Crippen LogP contribution < -0.4 is 0 Å². The van der Waals surface area contributed by atoms with E-state index >= 15 is 0 Å². The molecule has 0 unspecified atom stereocenters. The maximum atomic E-state index is 13.5. The van der Waals surface area contributed by atoms with Crippen molar-refractivity contribution >= 4 is 21.7 Å². The van der Waals surface area contributed by atoms with E-state index in [9.17, 15) is 18.0 Å².